The van der Waals surface area contributed by atoms with Gasteiger partial charge in [0.05, 0.1) is 24.4 Å². The Morgan fingerprint density at radius 1 is 1.25 bits per heavy atom. The molecule has 0 bridgehead atoms. The van der Waals surface area contributed by atoms with Gasteiger partial charge in [0.2, 0.25) is 5.95 Å². The summed E-state index contributed by atoms with van der Waals surface area (Å²) in [6.07, 6.45) is 0.787. The normalized spacial score (nSPS) is 10.4. The van der Waals surface area contributed by atoms with Gasteiger partial charge in [-0.2, -0.15) is 4.98 Å². The first-order valence-corrected chi connectivity index (χ1v) is 6.77. The molecule has 9 heteroatoms. The summed E-state index contributed by atoms with van der Waals surface area (Å²) in [4.78, 5) is 33.2. The summed E-state index contributed by atoms with van der Waals surface area (Å²) in [7, 11) is 1.24. The molecule has 0 spiro atoms. The maximum Gasteiger partial charge on any atom is 0.413 e. The number of aromatic amines is 1. The molecule has 0 aliphatic rings. The van der Waals surface area contributed by atoms with E-state index in [2.05, 4.69) is 25.0 Å². The molecule has 0 saturated carbocycles. The third kappa shape index (κ3) is 3.24. The van der Waals surface area contributed by atoms with E-state index in [1.165, 1.54) is 25.4 Å². The fourth-order valence-electron chi connectivity index (χ4n) is 1.97. The molecule has 0 aliphatic heterocycles. The molecule has 0 unspecified atom stereocenters. The number of carboxylic acids is 1. The van der Waals surface area contributed by atoms with Crippen LogP contribution in [0, 0.1) is 0 Å². The second-order valence-electron chi connectivity index (χ2n) is 4.68. The first kappa shape index (κ1) is 15.3. The zero-order valence-corrected chi connectivity index (χ0v) is 12.4. The highest BCUT2D eigenvalue weighted by Gasteiger charge is 2.10. The molecule has 1 amide bonds. The Hall–Kier alpha value is -3.62. The minimum absolute atomic E-state index is 0.118. The van der Waals surface area contributed by atoms with Crippen LogP contribution in [-0.4, -0.2) is 39.2 Å². The molecule has 1 aromatic carbocycles. The molecule has 0 aliphatic carbocycles. The van der Waals surface area contributed by atoms with Gasteiger partial charge >= 0.3 is 12.1 Å². The van der Waals surface area contributed by atoms with Crippen LogP contribution in [-0.2, 0) is 4.74 Å². The predicted octanol–water partition coefficient (Wildman–Crippen LogP) is 2.63. The molecular formula is C15H12N4O5. The minimum Gasteiger partial charge on any atom is -0.478 e. The number of nitrogens with zero attached hydrogens (tertiary/aromatic N) is 2. The topological polar surface area (TPSA) is 126 Å². The van der Waals surface area contributed by atoms with Gasteiger partial charge in [0.25, 0.3) is 0 Å². The van der Waals surface area contributed by atoms with Crippen LogP contribution in [0.15, 0.2) is 36.5 Å². The molecule has 9 nitrogen and oxygen atoms in total. The summed E-state index contributed by atoms with van der Waals surface area (Å²) in [6, 6.07) is 7.72. The molecule has 0 atom stereocenters. The lowest BCUT2D eigenvalue weighted by Crippen LogP contribution is -2.11. The van der Waals surface area contributed by atoms with Gasteiger partial charge in [0.1, 0.15) is 11.5 Å². The number of ether oxygens (including phenoxy) is 2. The Labute approximate surface area is 135 Å². The van der Waals surface area contributed by atoms with Gasteiger partial charge in [-0.15, -0.1) is 0 Å². The molecule has 0 saturated heterocycles. The zero-order valence-electron chi connectivity index (χ0n) is 12.4. The van der Waals surface area contributed by atoms with Crippen molar-refractivity contribution in [2.75, 3.05) is 12.4 Å². The standard InChI is InChI=1S/C15H12N4O5/c1-23-15(22)19-14-17-11-6-10(7-16-12(11)18-14)24-9-4-2-3-8(5-9)13(20)21/h2-7H,1H3,(H,20,21)(H2,16,17,18,19,22). The number of aromatic nitrogens is 3. The van der Waals surface area contributed by atoms with Crippen molar-refractivity contribution in [2.45, 2.75) is 0 Å². The number of hydrogen-bond donors (Lipinski definition) is 3. The number of pyridine rings is 1. The number of H-pyrrole nitrogens is 1. The zero-order chi connectivity index (χ0) is 17.1. The third-order valence-corrected chi connectivity index (χ3v) is 3.03. The summed E-state index contributed by atoms with van der Waals surface area (Å²) in [6.45, 7) is 0. The van der Waals surface area contributed by atoms with Crippen LogP contribution in [0.1, 0.15) is 10.4 Å². The van der Waals surface area contributed by atoms with Gasteiger partial charge in [-0.1, -0.05) is 6.07 Å². The number of amides is 1. The highest BCUT2D eigenvalue weighted by atomic mass is 16.5. The molecule has 0 radical (unpaired) electrons. The third-order valence-electron chi connectivity index (χ3n) is 3.03. The molecule has 0 fully saturated rings. The van der Waals surface area contributed by atoms with Crippen molar-refractivity contribution in [2.24, 2.45) is 0 Å². The van der Waals surface area contributed by atoms with E-state index in [-0.39, 0.29) is 11.5 Å². The van der Waals surface area contributed by atoms with Crippen LogP contribution in [0.5, 0.6) is 11.5 Å². The Morgan fingerprint density at radius 3 is 2.83 bits per heavy atom. The van der Waals surface area contributed by atoms with Crippen molar-refractivity contribution in [1.82, 2.24) is 15.0 Å². The number of benzene rings is 1. The molecule has 122 valence electrons. The second-order valence-corrected chi connectivity index (χ2v) is 4.68. The highest BCUT2D eigenvalue weighted by Crippen LogP contribution is 2.24. The monoisotopic (exact) mass is 328 g/mol. The van der Waals surface area contributed by atoms with Gasteiger partial charge < -0.3 is 19.6 Å². The van der Waals surface area contributed by atoms with Crippen molar-refractivity contribution >= 4 is 29.2 Å². The number of methoxy groups -OCH3 is 1. The van der Waals surface area contributed by atoms with Crippen LogP contribution in [0.2, 0.25) is 0 Å². The number of carboxylic acid groups (broad SMARTS) is 1. The summed E-state index contributed by atoms with van der Waals surface area (Å²) in [5.74, 6) is -0.0997. The molecule has 3 aromatic rings. The number of aromatic carboxylic acids is 1. The fraction of sp³-hybridized carbons (Fsp3) is 0.0667. The van der Waals surface area contributed by atoms with Crippen LogP contribution in [0.3, 0.4) is 0 Å². The van der Waals surface area contributed by atoms with Gasteiger partial charge in [0.15, 0.2) is 5.65 Å². The smallest absolute Gasteiger partial charge is 0.413 e. The summed E-state index contributed by atoms with van der Waals surface area (Å²) >= 11 is 0. The van der Waals surface area contributed by atoms with Gasteiger partial charge in [0, 0.05) is 6.07 Å². The number of nitrogens with one attached hydrogen (secondary N) is 2. The van der Waals surface area contributed by atoms with E-state index in [0.717, 1.165) is 0 Å². The van der Waals surface area contributed by atoms with E-state index < -0.39 is 12.1 Å². The lowest BCUT2D eigenvalue weighted by atomic mass is 10.2. The van der Waals surface area contributed by atoms with Crippen molar-refractivity contribution in [3.63, 3.8) is 0 Å². The molecule has 3 N–H and O–H groups in total. The molecular weight excluding hydrogens is 316 g/mol. The van der Waals surface area contributed by atoms with E-state index in [1.54, 1.807) is 18.2 Å². The van der Waals surface area contributed by atoms with Crippen LogP contribution < -0.4 is 10.1 Å². The number of carbonyl (C=O) groups excluding carboxylic acids is 1. The SMILES string of the molecule is COC(=O)Nc1nc2ncc(Oc3cccc(C(=O)O)c3)cc2[nH]1. The van der Waals surface area contributed by atoms with Gasteiger partial charge in [-0.3, -0.25) is 5.32 Å². The lowest BCUT2D eigenvalue weighted by molar-refractivity contribution is 0.0696. The fourth-order valence-corrected chi connectivity index (χ4v) is 1.97. The first-order chi connectivity index (χ1) is 11.5. The Morgan fingerprint density at radius 2 is 2.08 bits per heavy atom. The second kappa shape index (κ2) is 6.24. The van der Waals surface area contributed by atoms with Gasteiger partial charge in [-0.05, 0) is 18.2 Å². The van der Waals surface area contributed by atoms with E-state index in [1.807, 2.05) is 0 Å². The largest absolute Gasteiger partial charge is 0.478 e. The lowest BCUT2D eigenvalue weighted by Gasteiger charge is -2.05. The predicted molar refractivity (Wildman–Crippen MR) is 83.4 cm³/mol. The van der Waals surface area contributed by atoms with E-state index in [9.17, 15) is 9.59 Å². The van der Waals surface area contributed by atoms with Crippen molar-refractivity contribution in [3.8, 4) is 11.5 Å². The Bertz CT molecular complexity index is 921. The average molecular weight is 328 g/mol. The number of anilines is 1. The highest BCUT2D eigenvalue weighted by molar-refractivity contribution is 5.88. The number of imidazole rings is 1. The summed E-state index contributed by atoms with van der Waals surface area (Å²) < 4.78 is 10.1. The van der Waals surface area contributed by atoms with Crippen molar-refractivity contribution in [3.05, 3.63) is 42.1 Å². The molecule has 2 aromatic heterocycles. The Kier molecular flexibility index (Phi) is 3.98. The van der Waals surface area contributed by atoms with E-state index >= 15 is 0 Å². The first-order valence-electron chi connectivity index (χ1n) is 6.77. The molecule has 3 rings (SSSR count). The summed E-state index contributed by atoms with van der Waals surface area (Å²) in [5.41, 5.74) is 1.04. The van der Waals surface area contributed by atoms with E-state index in [0.29, 0.717) is 22.7 Å². The Balaban J connectivity index is 1.84. The van der Waals surface area contributed by atoms with Crippen LogP contribution in [0.4, 0.5) is 10.7 Å². The van der Waals surface area contributed by atoms with Crippen LogP contribution >= 0.6 is 0 Å². The summed E-state index contributed by atoms with van der Waals surface area (Å²) in [5, 5.41) is 11.4. The van der Waals surface area contributed by atoms with Gasteiger partial charge in [-0.25, -0.2) is 14.6 Å². The quantitative estimate of drug-likeness (QED) is 0.672. The van der Waals surface area contributed by atoms with Crippen molar-refractivity contribution < 1.29 is 24.2 Å². The number of fused-ring (bicyclic) bond motifs is 1. The number of carbonyl (C=O) groups is 2. The minimum atomic E-state index is -1.04. The number of rotatable bonds is 4. The maximum atomic E-state index is 11.2. The molecule has 2 heterocycles. The molecule has 24 heavy (non-hydrogen) atoms. The maximum absolute atomic E-state index is 11.2. The van der Waals surface area contributed by atoms with Crippen molar-refractivity contribution in [1.29, 1.82) is 0 Å². The van der Waals surface area contributed by atoms with E-state index in [4.69, 9.17) is 9.84 Å². The average Bonchev–Trinajstić information content (AvgIpc) is 2.96. The number of hydrogen-bond acceptors (Lipinski definition) is 6. The van der Waals surface area contributed by atoms with Crippen LogP contribution in [0.25, 0.3) is 11.2 Å².